The second-order valence-electron chi connectivity index (χ2n) is 4.93. The summed E-state index contributed by atoms with van der Waals surface area (Å²) in [4.78, 5) is 27.4. The van der Waals surface area contributed by atoms with Crippen molar-refractivity contribution in [3.63, 3.8) is 0 Å². The molecule has 0 amide bonds. The van der Waals surface area contributed by atoms with E-state index in [1.165, 1.54) is 13.1 Å². The number of ether oxygens (including phenoxy) is 1. The van der Waals surface area contributed by atoms with E-state index in [9.17, 15) is 14.7 Å². The quantitative estimate of drug-likeness (QED) is 0.496. The molecule has 0 aliphatic heterocycles. The number of pyridine rings is 1. The molecule has 5 nitrogen and oxygen atoms in total. The van der Waals surface area contributed by atoms with Crippen LogP contribution in [0.25, 0.3) is 0 Å². The molecule has 0 saturated heterocycles. The highest BCUT2D eigenvalue weighted by atomic mass is 35.5. The fourth-order valence-electron chi connectivity index (χ4n) is 1.55. The lowest BCUT2D eigenvalue weighted by Crippen LogP contribution is -2.41. The zero-order valence-corrected chi connectivity index (χ0v) is 12.5. The van der Waals surface area contributed by atoms with E-state index >= 15 is 0 Å². The minimum Gasteiger partial charge on any atom is -0.480 e. The van der Waals surface area contributed by atoms with Crippen LogP contribution < -0.4 is 0 Å². The second-order valence-corrected chi connectivity index (χ2v) is 5.31. The fraction of sp³-hybridized carbons (Fsp3) is 0.500. The normalized spacial score (nSPS) is 15.2. The highest BCUT2D eigenvalue weighted by Gasteiger charge is 2.43. The number of carbonyl (C=O) groups excluding carboxylic acids is 1. The molecule has 0 fully saturated rings. The van der Waals surface area contributed by atoms with Crippen molar-refractivity contribution < 1.29 is 19.4 Å². The van der Waals surface area contributed by atoms with E-state index < -0.39 is 17.4 Å². The van der Waals surface area contributed by atoms with Gasteiger partial charge in [-0.1, -0.05) is 24.6 Å². The van der Waals surface area contributed by atoms with Crippen LogP contribution in [0.4, 0.5) is 0 Å². The van der Waals surface area contributed by atoms with E-state index in [4.69, 9.17) is 16.3 Å². The van der Waals surface area contributed by atoms with Crippen LogP contribution in [-0.4, -0.2) is 28.1 Å². The molecule has 1 rings (SSSR count). The van der Waals surface area contributed by atoms with Crippen molar-refractivity contribution in [3.05, 3.63) is 29.0 Å². The minimum atomic E-state index is -1.64. The van der Waals surface area contributed by atoms with Gasteiger partial charge in [0.15, 0.2) is 5.41 Å². The largest absolute Gasteiger partial charge is 0.480 e. The number of halogens is 1. The third kappa shape index (κ3) is 3.93. The van der Waals surface area contributed by atoms with Gasteiger partial charge in [-0.3, -0.25) is 9.59 Å². The molecule has 1 N–H and O–H groups in total. The Morgan fingerprint density at radius 1 is 1.50 bits per heavy atom. The molecule has 0 radical (unpaired) electrons. The van der Waals surface area contributed by atoms with Gasteiger partial charge in [-0.25, -0.2) is 4.98 Å². The molecule has 1 aromatic rings. The standard InChI is InChI=1S/C14H18ClNO4/c1-4-9(2)20-13(19)14(3,12(17)18)7-10-5-6-11(15)16-8-10/h5-6,8-9H,4,7H2,1-3H3,(H,17,18). The number of carbonyl (C=O) groups is 2. The maximum absolute atomic E-state index is 12.1. The lowest BCUT2D eigenvalue weighted by molar-refractivity contribution is -0.170. The molecule has 0 aliphatic carbocycles. The molecule has 20 heavy (non-hydrogen) atoms. The van der Waals surface area contributed by atoms with Gasteiger partial charge in [-0.05, 0) is 31.9 Å². The first kappa shape index (κ1) is 16.4. The van der Waals surface area contributed by atoms with E-state index in [1.807, 2.05) is 6.92 Å². The summed E-state index contributed by atoms with van der Waals surface area (Å²) in [5, 5.41) is 9.67. The smallest absolute Gasteiger partial charge is 0.323 e. The Balaban J connectivity index is 2.94. The van der Waals surface area contributed by atoms with Crippen LogP contribution in [0.2, 0.25) is 5.15 Å². The molecule has 0 bridgehead atoms. The lowest BCUT2D eigenvalue weighted by atomic mass is 9.84. The van der Waals surface area contributed by atoms with Crippen molar-refractivity contribution in [2.24, 2.45) is 5.41 Å². The summed E-state index contributed by atoms with van der Waals surface area (Å²) in [5.41, 5.74) is -1.03. The van der Waals surface area contributed by atoms with Crippen molar-refractivity contribution >= 4 is 23.5 Å². The molecular formula is C14H18ClNO4. The average molecular weight is 300 g/mol. The number of carboxylic acid groups (broad SMARTS) is 1. The molecule has 0 saturated carbocycles. The first-order valence-corrected chi connectivity index (χ1v) is 6.72. The first-order valence-electron chi connectivity index (χ1n) is 6.34. The predicted octanol–water partition coefficient (Wildman–Crippen LogP) is 2.71. The number of esters is 1. The SMILES string of the molecule is CCC(C)OC(=O)C(C)(Cc1ccc(Cl)nc1)C(=O)O. The summed E-state index contributed by atoms with van der Waals surface area (Å²) in [6, 6.07) is 3.20. The van der Waals surface area contributed by atoms with Crippen LogP contribution in [0.5, 0.6) is 0 Å². The molecule has 2 unspecified atom stereocenters. The Morgan fingerprint density at radius 2 is 2.15 bits per heavy atom. The van der Waals surface area contributed by atoms with E-state index in [0.29, 0.717) is 17.1 Å². The van der Waals surface area contributed by atoms with Crippen LogP contribution in [-0.2, 0) is 20.7 Å². The zero-order valence-electron chi connectivity index (χ0n) is 11.7. The Bertz CT molecular complexity index is 488. The number of nitrogens with zero attached hydrogens (tertiary/aromatic N) is 1. The van der Waals surface area contributed by atoms with E-state index in [0.717, 1.165) is 0 Å². The second kappa shape index (κ2) is 6.70. The molecule has 2 atom stereocenters. The Labute approximate surface area is 122 Å². The monoisotopic (exact) mass is 299 g/mol. The summed E-state index contributed by atoms with van der Waals surface area (Å²) >= 11 is 5.68. The van der Waals surface area contributed by atoms with Crippen molar-refractivity contribution in [1.82, 2.24) is 4.98 Å². The Hall–Kier alpha value is -1.62. The third-order valence-corrected chi connectivity index (χ3v) is 3.38. The van der Waals surface area contributed by atoms with Gasteiger partial charge in [0, 0.05) is 12.6 Å². The minimum absolute atomic E-state index is 0.00176. The van der Waals surface area contributed by atoms with Gasteiger partial charge in [0.2, 0.25) is 0 Å². The van der Waals surface area contributed by atoms with Gasteiger partial charge in [0.25, 0.3) is 0 Å². The number of hydrogen-bond acceptors (Lipinski definition) is 4. The average Bonchev–Trinajstić information content (AvgIpc) is 2.40. The van der Waals surface area contributed by atoms with Gasteiger partial charge in [-0.2, -0.15) is 0 Å². The van der Waals surface area contributed by atoms with Crippen molar-refractivity contribution in [3.8, 4) is 0 Å². The molecule has 0 spiro atoms. The first-order chi connectivity index (χ1) is 9.29. The van der Waals surface area contributed by atoms with Crippen LogP contribution in [0.3, 0.4) is 0 Å². The van der Waals surface area contributed by atoms with Crippen LogP contribution in [0.15, 0.2) is 18.3 Å². The summed E-state index contributed by atoms with van der Waals surface area (Å²) < 4.78 is 5.16. The number of rotatable bonds is 6. The Kier molecular flexibility index (Phi) is 5.51. The highest BCUT2D eigenvalue weighted by molar-refractivity contribution is 6.29. The van der Waals surface area contributed by atoms with Gasteiger partial charge >= 0.3 is 11.9 Å². The maximum Gasteiger partial charge on any atom is 0.323 e. The summed E-state index contributed by atoms with van der Waals surface area (Å²) in [7, 11) is 0. The molecular weight excluding hydrogens is 282 g/mol. The fourth-order valence-corrected chi connectivity index (χ4v) is 1.66. The van der Waals surface area contributed by atoms with Crippen molar-refractivity contribution in [2.45, 2.75) is 39.7 Å². The van der Waals surface area contributed by atoms with Crippen molar-refractivity contribution in [1.29, 1.82) is 0 Å². The molecule has 1 heterocycles. The number of aliphatic carboxylic acids is 1. The van der Waals surface area contributed by atoms with Crippen LogP contribution in [0.1, 0.15) is 32.8 Å². The van der Waals surface area contributed by atoms with E-state index in [2.05, 4.69) is 4.98 Å². The molecule has 0 aliphatic rings. The van der Waals surface area contributed by atoms with Gasteiger partial charge in [0.05, 0.1) is 6.10 Å². The Morgan fingerprint density at radius 3 is 2.60 bits per heavy atom. The van der Waals surface area contributed by atoms with Gasteiger partial charge in [-0.15, -0.1) is 0 Å². The van der Waals surface area contributed by atoms with E-state index in [-0.39, 0.29) is 12.5 Å². The predicted molar refractivity (Wildman–Crippen MR) is 74.5 cm³/mol. The van der Waals surface area contributed by atoms with Crippen molar-refractivity contribution in [2.75, 3.05) is 0 Å². The zero-order chi connectivity index (χ0) is 15.3. The summed E-state index contributed by atoms with van der Waals surface area (Å²) in [5.74, 6) is -1.96. The topological polar surface area (TPSA) is 76.5 Å². The summed E-state index contributed by atoms with van der Waals surface area (Å²) in [6.07, 6.45) is 1.77. The highest BCUT2D eigenvalue weighted by Crippen LogP contribution is 2.26. The molecule has 6 heteroatoms. The van der Waals surface area contributed by atoms with Crippen LogP contribution in [0, 0.1) is 5.41 Å². The summed E-state index contributed by atoms with van der Waals surface area (Å²) in [6.45, 7) is 4.94. The number of aromatic nitrogens is 1. The third-order valence-electron chi connectivity index (χ3n) is 3.15. The van der Waals surface area contributed by atoms with E-state index in [1.54, 1.807) is 19.1 Å². The lowest BCUT2D eigenvalue weighted by Gasteiger charge is -2.24. The molecule has 110 valence electrons. The van der Waals surface area contributed by atoms with Crippen LogP contribution >= 0.6 is 11.6 Å². The number of hydrogen-bond donors (Lipinski definition) is 1. The number of carboxylic acids is 1. The molecule has 0 aromatic carbocycles. The van der Waals surface area contributed by atoms with Gasteiger partial charge in [0.1, 0.15) is 5.15 Å². The molecule has 1 aromatic heterocycles. The maximum atomic E-state index is 12.1. The van der Waals surface area contributed by atoms with Gasteiger partial charge < -0.3 is 9.84 Å².